The van der Waals surface area contributed by atoms with Crippen molar-refractivity contribution in [1.82, 2.24) is 9.88 Å². The summed E-state index contributed by atoms with van der Waals surface area (Å²) in [5, 5.41) is 0. The number of halogens is 3. The molecule has 1 aliphatic rings. The van der Waals surface area contributed by atoms with Gasteiger partial charge in [-0.3, -0.25) is 4.98 Å². The summed E-state index contributed by atoms with van der Waals surface area (Å²) in [5.74, 6) is 0. The van der Waals surface area contributed by atoms with E-state index in [0.717, 1.165) is 0 Å². The lowest BCUT2D eigenvalue weighted by Crippen LogP contribution is -2.42. The molecule has 3 nitrogen and oxygen atoms in total. The molecule has 6 heteroatoms. The van der Waals surface area contributed by atoms with Crippen molar-refractivity contribution in [3.05, 3.63) is 30.1 Å². The summed E-state index contributed by atoms with van der Waals surface area (Å²) in [6.07, 6.45) is -0.0853. The van der Waals surface area contributed by atoms with Crippen molar-refractivity contribution < 1.29 is 17.9 Å². The fourth-order valence-electron chi connectivity index (χ4n) is 2.38. The Labute approximate surface area is 116 Å². The van der Waals surface area contributed by atoms with Crippen LogP contribution in [0.3, 0.4) is 0 Å². The Hall–Kier alpha value is -1.14. The summed E-state index contributed by atoms with van der Waals surface area (Å²) < 4.78 is 43.4. The Morgan fingerprint density at radius 2 is 2.05 bits per heavy atom. The molecule has 0 unspecified atom stereocenters. The highest BCUT2D eigenvalue weighted by molar-refractivity contribution is 5.14. The molecule has 20 heavy (non-hydrogen) atoms. The lowest BCUT2D eigenvalue weighted by molar-refractivity contribution is -0.00232. The van der Waals surface area contributed by atoms with Crippen molar-refractivity contribution >= 4 is 0 Å². The first-order chi connectivity index (χ1) is 9.60. The minimum absolute atomic E-state index is 0.257. The topological polar surface area (TPSA) is 25.4 Å². The van der Waals surface area contributed by atoms with Gasteiger partial charge in [-0.15, -0.1) is 0 Å². The fraction of sp³-hybridized carbons (Fsp3) is 0.643. The smallest absolute Gasteiger partial charge is 0.261 e. The Morgan fingerprint density at radius 3 is 2.65 bits per heavy atom. The molecule has 0 aliphatic carbocycles. The van der Waals surface area contributed by atoms with Crippen molar-refractivity contribution in [3.63, 3.8) is 0 Å². The zero-order chi connectivity index (χ0) is 14.4. The van der Waals surface area contributed by atoms with Crippen molar-refractivity contribution in [2.24, 2.45) is 0 Å². The van der Waals surface area contributed by atoms with Gasteiger partial charge in [0.05, 0.1) is 12.3 Å². The van der Waals surface area contributed by atoms with Gasteiger partial charge in [0.15, 0.2) is 5.67 Å². The van der Waals surface area contributed by atoms with Crippen LogP contribution in [0, 0.1) is 0 Å². The maximum Gasteiger partial charge on any atom is 0.261 e. The van der Waals surface area contributed by atoms with Gasteiger partial charge in [0.2, 0.25) is 0 Å². The number of hydrogen-bond acceptors (Lipinski definition) is 3. The van der Waals surface area contributed by atoms with Gasteiger partial charge in [-0.25, -0.2) is 13.2 Å². The third-order valence-corrected chi connectivity index (χ3v) is 3.57. The monoisotopic (exact) mass is 288 g/mol. The second kappa shape index (κ2) is 7.04. The van der Waals surface area contributed by atoms with Crippen LogP contribution in [0.25, 0.3) is 0 Å². The van der Waals surface area contributed by atoms with E-state index >= 15 is 0 Å². The van der Waals surface area contributed by atoms with Crippen LogP contribution < -0.4 is 0 Å². The molecule has 1 aliphatic heterocycles. The highest BCUT2D eigenvalue weighted by Crippen LogP contribution is 2.35. The molecule has 0 radical (unpaired) electrons. The van der Waals surface area contributed by atoms with Gasteiger partial charge in [0.1, 0.15) is 6.61 Å². The Kier molecular flexibility index (Phi) is 5.37. The van der Waals surface area contributed by atoms with Gasteiger partial charge in [0.25, 0.3) is 6.43 Å². The number of rotatable bonds is 6. The van der Waals surface area contributed by atoms with E-state index in [4.69, 9.17) is 4.74 Å². The average molecular weight is 288 g/mol. The molecule has 112 valence electrons. The zero-order valence-corrected chi connectivity index (χ0v) is 11.3. The van der Waals surface area contributed by atoms with E-state index in [9.17, 15) is 13.2 Å². The lowest BCUT2D eigenvalue weighted by Gasteiger charge is -2.35. The van der Waals surface area contributed by atoms with E-state index in [1.807, 2.05) is 4.90 Å². The fourth-order valence-corrected chi connectivity index (χ4v) is 2.38. The molecule has 0 bridgehead atoms. The summed E-state index contributed by atoms with van der Waals surface area (Å²) in [7, 11) is 0. The van der Waals surface area contributed by atoms with E-state index in [1.54, 1.807) is 24.4 Å². The highest BCUT2D eigenvalue weighted by Gasteiger charge is 2.37. The molecule has 0 N–H and O–H groups in total. The molecule has 0 spiro atoms. The average Bonchev–Trinajstić information content (AvgIpc) is 2.46. The third-order valence-electron chi connectivity index (χ3n) is 3.57. The summed E-state index contributed by atoms with van der Waals surface area (Å²) in [6, 6.07) is 5.26. The van der Waals surface area contributed by atoms with Gasteiger partial charge in [-0.1, -0.05) is 6.07 Å². The molecule has 0 amide bonds. The standard InChI is InChI=1S/C14H19F3N2O/c15-13(16)11-20-10-9-19-7-4-14(17,5-8-19)12-3-1-2-6-18-12/h1-3,6,13H,4-5,7-11H2. The van der Waals surface area contributed by atoms with Gasteiger partial charge >= 0.3 is 0 Å². The van der Waals surface area contributed by atoms with Crippen LogP contribution in [0.4, 0.5) is 13.2 Å². The van der Waals surface area contributed by atoms with Crippen LogP contribution in [0.2, 0.25) is 0 Å². The number of alkyl halides is 3. The van der Waals surface area contributed by atoms with Gasteiger partial charge in [0, 0.05) is 25.8 Å². The lowest BCUT2D eigenvalue weighted by atomic mass is 9.89. The number of aromatic nitrogens is 1. The number of ether oxygens (including phenoxy) is 1. The zero-order valence-electron chi connectivity index (χ0n) is 11.3. The molecule has 0 atom stereocenters. The summed E-state index contributed by atoms with van der Waals surface area (Å²) >= 11 is 0. The minimum Gasteiger partial charge on any atom is -0.374 e. The number of piperidine rings is 1. The Bertz CT molecular complexity index is 395. The summed E-state index contributed by atoms with van der Waals surface area (Å²) in [4.78, 5) is 6.13. The van der Waals surface area contributed by atoms with Crippen molar-refractivity contribution in [2.45, 2.75) is 24.9 Å². The molecule has 2 heterocycles. The van der Waals surface area contributed by atoms with Crippen LogP contribution in [-0.2, 0) is 10.4 Å². The van der Waals surface area contributed by atoms with Gasteiger partial charge in [-0.05, 0) is 25.0 Å². The molecule has 1 aromatic rings. The summed E-state index contributed by atoms with van der Waals surface area (Å²) in [6.45, 7) is 1.46. The van der Waals surface area contributed by atoms with Gasteiger partial charge in [-0.2, -0.15) is 0 Å². The number of nitrogens with zero attached hydrogens (tertiary/aromatic N) is 2. The molecule has 0 aromatic carbocycles. The quantitative estimate of drug-likeness (QED) is 0.752. The van der Waals surface area contributed by atoms with E-state index in [1.165, 1.54) is 0 Å². The maximum absolute atomic E-state index is 14.8. The largest absolute Gasteiger partial charge is 0.374 e. The maximum atomic E-state index is 14.8. The Balaban J connectivity index is 1.75. The predicted molar refractivity (Wildman–Crippen MR) is 69.5 cm³/mol. The minimum atomic E-state index is -2.43. The molecule has 2 rings (SSSR count). The SMILES string of the molecule is FC(F)COCCN1CCC(F)(c2ccccn2)CC1. The number of pyridine rings is 1. The van der Waals surface area contributed by atoms with E-state index in [0.29, 0.717) is 38.2 Å². The van der Waals surface area contributed by atoms with Crippen LogP contribution >= 0.6 is 0 Å². The van der Waals surface area contributed by atoms with Crippen molar-refractivity contribution in [2.75, 3.05) is 32.8 Å². The first-order valence-electron chi connectivity index (χ1n) is 6.79. The summed E-state index contributed by atoms with van der Waals surface area (Å²) in [5.41, 5.74) is -0.893. The third kappa shape index (κ3) is 4.18. The second-order valence-electron chi connectivity index (χ2n) is 4.99. The Morgan fingerprint density at radius 1 is 1.30 bits per heavy atom. The van der Waals surface area contributed by atoms with E-state index in [-0.39, 0.29) is 6.61 Å². The molecule has 0 saturated carbocycles. The van der Waals surface area contributed by atoms with Crippen LogP contribution in [0.1, 0.15) is 18.5 Å². The second-order valence-corrected chi connectivity index (χ2v) is 4.99. The molecular weight excluding hydrogens is 269 g/mol. The number of likely N-dealkylation sites (tertiary alicyclic amines) is 1. The van der Waals surface area contributed by atoms with E-state index in [2.05, 4.69) is 4.98 Å². The molecule has 1 fully saturated rings. The van der Waals surface area contributed by atoms with Gasteiger partial charge < -0.3 is 9.64 Å². The first-order valence-corrected chi connectivity index (χ1v) is 6.79. The predicted octanol–water partition coefficient (Wildman–Crippen LogP) is 2.62. The van der Waals surface area contributed by atoms with E-state index < -0.39 is 18.7 Å². The normalized spacial score (nSPS) is 19.4. The van der Waals surface area contributed by atoms with Crippen LogP contribution in [-0.4, -0.2) is 49.2 Å². The van der Waals surface area contributed by atoms with Crippen molar-refractivity contribution in [1.29, 1.82) is 0 Å². The van der Waals surface area contributed by atoms with Crippen molar-refractivity contribution in [3.8, 4) is 0 Å². The highest BCUT2D eigenvalue weighted by atomic mass is 19.3. The number of hydrogen-bond donors (Lipinski definition) is 0. The molecule has 1 aromatic heterocycles. The first kappa shape index (κ1) is 15.3. The molecule has 1 saturated heterocycles. The molecular formula is C14H19F3N2O. The van der Waals surface area contributed by atoms with Crippen LogP contribution in [0.15, 0.2) is 24.4 Å². The van der Waals surface area contributed by atoms with Crippen LogP contribution in [0.5, 0.6) is 0 Å².